The minimum atomic E-state index is -0.825. The first-order chi connectivity index (χ1) is 8.89. The summed E-state index contributed by atoms with van der Waals surface area (Å²) in [6, 6.07) is -0.0820. The highest BCUT2D eigenvalue weighted by Gasteiger charge is 2.34. The third-order valence-corrected chi connectivity index (χ3v) is 4.14. The zero-order valence-electron chi connectivity index (χ0n) is 11.3. The maximum atomic E-state index is 12.3. The predicted octanol–water partition coefficient (Wildman–Crippen LogP) is 0.750. The van der Waals surface area contributed by atoms with Crippen LogP contribution < -0.4 is 0 Å². The number of urea groups is 1. The summed E-state index contributed by atoms with van der Waals surface area (Å²) in [5, 5.41) is 19.0. The van der Waals surface area contributed by atoms with Crippen molar-refractivity contribution < 1.29 is 19.8 Å². The normalized spacial score (nSPS) is 32.2. The van der Waals surface area contributed by atoms with Crippen molar-refractivity contribution in [2.75, 3.05) is 26.2 Å². The van der Waals surface area contributed by atoms with E-state index < -0.39 is 17.5 Å². The first-order valence-corrected chi connectivity index (χ1v) is 6.88. The first-order valence-electron chi connectivity index (χ1n) is 6.88. The Balaban J connectivity index is 1.92. The van der Waals surface area contributed by atoms with Gasteiger partial charge in [-0.05, 0) is 32.6 Å². The van der Waals surface area contributed by atoms with Crippen LogP contribution in [0.1, 0.15) is 32.6 Å². The van der Waals surface area contributed by atoms with Crippen LogP contribution in [0.25, 0.3) is 0 Å². The van der Waals surface area contributed by atoms with Crippen molar-refractivity contribution in [1.29, 1.82) is 0 Å². The average molecular weight is 270 g/mol. The molecule has 0 bridgehead atoms. The smallest absolute Gasteiger partial charge is 0.320 e. The number of hydrogen-bond donors (Lipinski definition) is 2. The van der Waals surface area contributed by atoms with E-state index in [4.69, 9.17) is 5.11 Å². The van der Waals surface area contributed by atoms with E-state index in [0.717, 1.165) is 6.42 Å². The van der Waals surface area contributed by atoms with E-state index in [2.05, 4.69) is 0 Å². The van der Waals surface area contributed by atoms with Crippen LogP contribution in [0, 0.1) is 5.92 Å². The first kappa shape index (κ1) is 14.1. The van der Waals surface area contributed by atoms with Crippen molar-refractivity contribution in [3.63, 3.8) is 0 Å². The van der Waals surface area contributed by atoms with Gasteiger partial charge in [0, 0.05) is 26.2 Å². The summed E-state index contributed by atoms with van der Waals surface area (Å²) in [5.74, 6) is -1.26. The molecule has 0 aromatic heterocycles. The van der Waals surface area contributed by atoms with Crippen molar-refractivity contribution in [2.45, 2.75) is 38.2 Å². The standard InChI is InChI=1S/C13H22N2O4/c1-13(19)4-2-6-14(8-5-13)12(18)15-7-3-10(9-15)11(16)17/h10,19H,2-9H2,1H3,(H,16,17). The molecule has 2 rings (SSSR count). The molecule has 2 aliphatic heterocycles. The van der Waals surface area contributed by atoms with Gasteiger partial charge in [-0.3, -0.25) is 4.79 Å². The van der Waals surface area contributed by atoms with E-state index in [1.807, 2.05) is 0 Å². The molecule has 2 atom stereocenters. The number of carboxylic acids is 1. The molecule has 2 fully saturated rings. The van der Waals surface area contributed by atoms with Gasteiger partial charge in [0.1, 0.15) is 0 Å². The molecule has 0 aliphatic carbocycles. The second-order valence-corrected chi connectivity index (χ2v) is 5.89. The number of amides is 2. The molecule has 0 aromatic rings. The summed E-state index contributed by atoms with van der Waals surface area (Å²) in [5.41, 5.74) is -0.691. The lowest BCUT2D eigenvalue weighted by molar-refractivity contribution is -0.141. The quantitative estimate of drug-likeness (QED) is 0.736. The molecule has 6 heteroatoms. The lowest BCUT2D eigenvalue weighted by Crippen LogP contribution is -2.43. The van der Waals surface area contributed by atoms with Crippen LogP contribution in [0.2, 0.25) is 0 Å². The van der Waals surface area contributed by atoms with E-state index >= 15 is 0 Å². The molecule has 108 valence electrons. The van der Waals surface area contributed by atoms with Crippen LogP contribution in [0.5, 0.6) is 0 Å². The van der Waals surface area contributed by atoms with Gasteiger partial charge in [0.05, 0.1) is 11.5 Å². The van der Waals surface area contributed by atoms with Crippen molar-refractivity contribution in [3.05, 3.63) is 0 Å². The van der Waals surface area contributed by atoms with Gasteiger partial charge in [0.2, 0.25) is 0 Å². The van der Waals surface area contributed by atoms with Crippen LogP contribution in [-0.2, 0) is 4.79 Å². The molecule has 6 nitrogen and oxygen atoms in total. The Morgan fingerprint density at radius 1 is 1.16 bits per heavy atom. The van der Waals surface area contributed by atoms with Crippen LogP contribution in [0.15, 0.2) is 0 Å². The third kappa shape index (κ3) is 3.37. The number of aliphatic carboxylic acids is 1. The zero-order chi connectivity index (χ0) is 14.0. The second-order valence-electron chi connectivity index (χ2n) is 5.89. The fourth-order valence-corrected chi connectivity index (χ4v) is 2.79. The number of carbonyl (C=O) groups is 2. The van der Waals surface area contributed by atoms with Crippen molar-refractivity contribution in [2.24, 2.45) is 5.92 Å². The Hall–Kier alpha value is -1.30. The number of hydrogen-bond acceptors (Lipinski definition) is 3. The summed E-state index contributed by atoms with van der Waals surface area (Å²) >= 11 is 0. The van der Waals surface area contributed by atoms with Gasteiger partial charge in [-0.1, -0.05) is 0 Å². The van der Waals surface area contributed by atoms with E-state index in [1.54, 1.807) is 16.7 Å². The molecule has 0 saturated carbocycles. The van der Waals surface area contributed by atoms with Crippen molar-refractivity contribution in [3.8, 4) is 0 Å². The highest BCUT2D eigenvalue weighted by atomic mass is 16.4. The lowest BCUT2D eigenvalue weighted by atomic mass is 9.98. The van der Waals surface area contributed by atoms with Crippen LogP contribution in [0.4, 0.5) is 4.79 Å². The minimum Gasteiger partial charge on any atom is -0.481 e. The summed E-state index contributed by atoms with van der Waals surface area (Å²) in [6.45, 7) is 3.81. The van der Waals surface area contributed by atoms with Gasteiger partial charge >= 0.3 is 12.0 Å². The SMILES string of the molecule is CC1(O)CCCN(C(=O)N2CCC(C(=O)O)C2)CC1. The van der Waals surface area contributed by atoms with Gasteiger partial charge < -0.3 is 20.0 Å². The molecule has 0 spiro atoms. The Morgan fingerprint density at radius 3 is 2.53 bits per heavy atom. The molecule has 2 amide bonds. The molecule has 0 radical (unpaired) electrons. The summed E-state index contributed by atoms with van der Waals surface area (Å²) in [6.07, 6.45) is 2.60. The lowest BCUT2D eigenvalue weighted by Gasteiger charge is -2.27. The summed E-state index contributed by atoms with van der Waals surface area (Å²) < 4.78 is 0. The molecular weight excluding hydrogens is 248 g/mol. The maximum Gasteiger partial charge on any atom is 0.320 e. The van der Waals surface area contributed by atoms with E-state index in [-0.39, 0.29) is 6.03 Å². The summed E-state index contributed by atoms with van der Waals surface area (Å²) in [7, 11) is 0. The van der Waals surface area contributed by atoms with Gasteiger partial charge in [0.15, 0.2) is 0 Å². The highest BCUT2D eigenvalue weighted by Crippen LogP contribution is 2.24. The molecule has 0 aromatic carbocycles. The zero-order valence-corrected chi connectivity index (χ0v) is 11.3. The Morgan fingerprint density at radius 2 is 1.89 bits per heavy atom. The largest absolute Gasteiger partial charge is 0.481 e. The van der Waals surface area contributed by atoms with Gasteiger partial charge in [0.25, 0.3) is 0 Å². The fraction of sp³-hybridized carbons (Fsp3) is 0.846. The predicted molar refractivity (Wildman–Crippen MR) is 68.8 cm³/mol. The Bertz CT molecular complexity index is 370. The maximum absolute atomic E-state index is 12.3. The second kappa shape index (κ2) is 5.36. The molecule has 2 saturated heterocycles. The van der Waals surface area contributed by atoms with Crippen LogP contribution >= 0.6 is 0 Å². The van der Waals surface area contributed by atoms with Crippen LogP contribution in [-0.4, -0.2) is 63.8 Å². The van der Waals surface area contributed by atoms with Gasteiger partial charge in [-0.25, -0.2) is 4.79 Å². The monoisotopic (exact) mass is 270 g/mol. The van der Waals surface area contributed by atoms with Gasteiger partial charge in [-0.15, -0.1) is 0 Å². The van der Waals surface area contributed by atoms with Crippen molar-refractivity contribution >= 4 is 12.0 Å². The minimum absolute atomic E-state index is 0.0820. The average Bonchev–Trinajstić information content (AvgIpc) is 2.75. The number of nitrogens with zero attached hydrogens (tertiary/aromatic N) is 2. The Kier molecular flexibility index (Phi) is 3.99. The number of likely N-dealkylation sites (tertiary alicyclic amines) is 2. The number of rotatable bonds is 1. The van der Waals surface area contributed by atoms with Gasteiger partial charge in [-0.2, -0.15) is 0 Å². The fourth-order valence-electron chi connectivity index (χ4n) is 2.79. The molecule has 2 unspecified atom stereocenters. The number of aliphatic hydroxyl groups is 1. The molecule has 2 N–H and O–H groups in total. The number of carboxylic acid groups (broad SMARTS) is 1. The highest BCUT2D eigenvalue weighted by molar-refractivity contribution is 5.77. The third-order valence-electron chi connectivity index (χ3n) is 4.14. The van der Waals surface area contributed by atoms with Crippen molar-refractivity contribution in [1.82, 2.24) is 9.80 Å². The summed E-state index contributed by atoms with van der Waals surface area (Å²) in [4.78, 5) is 26.6. The topological polar surface area (TPSA) is 81.1 Å². The molecular formula is C13H22N2O4. The molecule has 2 heterocycles. The van der Waals surface area contributed by atoms with E-state index in [9.17, 15) is 14.7 Å². The van der Waals surface area contributed by atoms with E-state index in [0.29, 0.717) is 45.4 Å². The van der Waals surface area contributed by atoms with Crippen LogP contribution in [0.3, 0.4) is 0 Å². The van der Waals surface area contributed by atoms with E-state index in [1.165, 1.54) is 0 Å². The number of carbonyl (C=O) groups excluding carboxylic acids is 1. The molecule has 19 heavy (non-hydrogen) atoms. The molecule has 2 aliphatic rings. The Labute approximate surface area is 113 Å².